The van der Waals surface area contributed by atoms with E-state index in [0.717, 1.165) is 42.2 Å². The third-order valence-corrected chi connectivity index (χ3v) is 5.13. The summed E-state index contributed by atoms with van der Waals surface area (Å²) in [6, 6.07) is 7.86. The smallest absolute Gasteiger partial charge is 0.315 e. The van der Waals surface area contributed by atoms with Gasteiger partial charge in [-0.05, 0) is 38.3 Å². The standard InChI is InChI=1S/C20H29N5O2/c1-14(17-13-24(3)23-15(17)2)22-20(26)21-11-16-9-10-25(12-16)18-7-5-6-8-19(18)27-4/h5-8,13-14,16H,9-12H2,1-4H3,(H2,21,22,26). The van der Waals surface area contributed by atoms with E-state index in [2.05, 4.69) is 26.7 Å². The van der Waals surface area contributed by atoms with E-state index in [-0.39, 0.29) is 12.1 Å². The highest BCUT2D eigenvalue weighted by atomic mass is 16.5. The molecule has 2 atom stereocenters. The first-order valence-corrected chi connectivity index (χ1v) is 9.40. The normalized spacial score (nSPS) is 17.6. The van der Waals surface area contributed by atoms with Gasteiger partial charge in [0.05, 0.1) is 24.5 Å². The van der Waals surface area contributed by atoms with Crippen molar-refractivity contribution in [3.63, 3.8) is 0 Å². The number of carbonyl (C=O) groups is 1. The number of aryl methyl sites for hydroxylation is 2. The summed E-state index contributed by atoms with van der Waals surface area (Å²) in [6.07, 6.45) is 3.00. The summed E-state index contributed by atoms with van der Waals surface area (Å²) < 4.78 is 7.23. The number of hydrogen-bond acceptors (Lipinski definition) is 4. The number of anilines is 1. The molecule has 7 nitrogen and oxygen atoms in total. The summed E-state index contributed by atoms with van der Waals surface area (Å²) in [5.41, 5.74) is 3.09. The Balaban J connectivity index is 1.48. The van der Waals surface area contributed by atoms with Crippen molar-refractivity contribution in [2.24, 2.45) is 13.0 Å². The number of hydrogen-bond donors (Lipinski definition) is 2. The molecule has 7 heteroatoms. The first-order valence-electron chi connectivity index (χ1n) is 9.40. The van der Waals surface area contributed by atoms with Gasteiger partial charge in [-0.25, -0.2) is 4.79 Å². The van der Waals surface area contributed by atoms with E-state index in [1.807, 2.05) is 45.3 Å². The molecule has 2 unspecified atom stereocenters. The zero-order chi connectivity index (χ0) is 19.4. The number of nitrogens with zero attached hydrogens (tertiary/aromatic N) is 3. The van der Waals surface area contributed by atoms with Crippen LogP contribution in [0.15, 0.2) is 30.5 Å². The van der Waals surface area contributed by atoms with E-state index in [1.54, 1.807) is 11.8 Å². The van der Waals surface area contributed by atoms with Crippen molar-refractivity contribution in [2.75, 3.05) is 31.6 Å². The average Bonchev–Trinajstić information content (AvgIpc) is 3.26. The summed E-state index contributed by atoms with van der Waals surface area (Å²) >= 11 is 0. The van der Waals surface area contributed by atoms with Crippen molar-refractivity contribution >= 4 is 11.7 Å². The predicted molar refractivity (Wildman–Crippen MR) is 106 cm³/mol. The molecule has 146 valence electrons. The maximum Gasteiger partial charge on any atom is 0.315 e. The number of amides is 2. The molecule has 2 N–H and O–H groups in total. The van der Waals surface area contributed by atoms with Gasteiger partial charge in [0.25, 0.3) is 0 Å². The molecule has 2 amide bonds. The van der Waals surface area contributed by atoms with Gasteiger partial charge < -0.3 is 20.3 Å². The molecule has 3 rings (SSSR count). The van der Waals surface area contributed by atoms with Gasteiger partial charge >= 0.3 is 6.03 Å². The summed E-state index contributed by atoms with van der Waals surface area (Å²) in [5.74, 6) is 1.32. The maximum atomic E-state index is 12.3. The molecule has 0 bridgehead atoms. The van der Waals surface area contributed by atoms with Crippen LogP contribution in [0, 0.1) is 12.8 Å². The van der Waals surface area contributed by atoms with Crippen molar-refractivity contribution in [1.82, 2.24) is 20.4 Å². The monoisotopic (exact) mass is 371 g/mol. The Labute approximate surface area is 160 Å². The molecule has 2 aromatic rings. The van der Waals surface area contributed by atoms with E-state index in [9.17, 15) is 4.79 Å². The summed E-state index contributed by atoms with van der Waals surface area (Å²) in [5, 5.41) is 10.3. The van der Waals surface area contributed by atoms with Crippen LogP contribution in [0.2, 0.25) is 0 Å². The minimum atomic E-state index is -0.138. The Morgan fingerprint density at radius 2 is 2.19 bits per heavy atom. The fourth-order valence-electron chi connectivity index (χ4n) is 3.71. The van der Waals surface area contributed by atoms with Gasteiger partial charge in [0.15, 0.2) is 0 Å². The van der Waals surface area contributed by atoms with Gasteiger partial charge in [-0.1, -0.05) is 12.1 Å². The Kier molecular flexibility index (Phi) is 5.88. The second kappa shape index (κ2) is 8.33. The molecule has 1 fully saturated rings. The van der Waals surface area contributed by atoms with Gasteiger partial charge in [-0.2, -0.15) is 5.10 Å². The average molecular weight is 371 g/mol. The second-order valence-electron chi connectivity index (χ2n) is 7.19. The number of ether oxygens (including phenoxy) is 1. The number of benzene rings is 1. The van der Waals surface area contributed by atoms with Crippen LogP contribution in [0.25, 0.3) is 0 Å². The lowest BCUT2D eigenvalue weighted by Gasteiger charge is -2.21. The lowest BCUT2D eigenvalue weighted by Crippen LogP contribution is -2.40. The van der Waals surface area contributed by atoms with Crippen LogP contribution in [-0.2, 0) is 7.05 Å². The molecule has 27 heavy (non-hydrogen) atoms. The fraction of sp³-hybridized carbons (Fsp3) is 0.500. The zero-order valence-electron chi connectivity index (χ0n) is 16.5. The summed E-state index contributed by atoms with van der Waals surface area (Å²) in [6.45, 7) is 6.48. The van der Waals surface area contributed by atoms with Crippen LogP contribution in [0.5, 0.6) is 5.75 Å². The SMILES string of the molecule is COc1ccccc1N1CCC(CNC(=O)NC(C)c2cn(C)nc2C)C1. The van der Waals surface area contributed by atoms with Crippen LogP contribution in [0.1, 0.15) is 30.6 Å². The number of nitrogens with one attached hydrogen (secondary N) is 2. The third kappa shape index (κ3) is 4.53. The Morgan fingerprint density at radius 3 is 2.89 bits per heavy atom. The minimum Gasteiger partial charge on any atom is -0.495 e. The molecule has 1 aromatic carbocycles. The Hall–Kier alpha value is -2.70. The highest BCUT2D eigenvalue weighted by Gasteiger charge is 2.25. The highest BCUT2D eigenvalue weighted by molar-refractivity contribution is 5.74. The molecule has 0 saturated carbocycles. The van der Waals surface area contributed by atoms with Crippen molar-refractivity contribution in [2.45, 2.75) is 26.3 Å². The number of para-hydroxylation sites is 2. The fourth-order valence-corrected chi connectivity index (χ4v) is 3.71. The molecule has 1 aromatic heterocycles. The summed E-state index contributed by atoms with van der Waals surface area (Å²) in [7, 11) is 3.58. The predicted octanol–water partition coefficient (Wildman–Crippen LogP) is 2.62. The van der Waals surface area contributed by atoms with Crippen LogP contribution in [0.3, 0.4) is 0 Å². The van der Waals surface area contributed by atoms with Crippen molar-refractivity contribution < 1.29 is 9.53 Å². The van der Waals surface area contributed by atoms with Gasteiger partial charge in [-0.3, -0.25) is 4.68 Å². The van der Waals surface area contributed by atoms with E-state index < -0.39 is 0 Å². The number of aromatic nitrogens is 2. The Bertz CT molecular complexity index is 788. The first kappa shape index (κ1) is 19.1. The third-order valence-electron chi connectivity index (χ3n) is 5.13. The minimum absolute atomic E-state index is 0.0765. The molecular formula is C20H29N5O2. The van der Waals surface area contributed by atoms with E-state index in [1.165, 1.54) is 0 Å². The Morgan fingerprint density at radius 1 is 1.41 bits per heavy atom. The number of carbonyl (C=O) groups excluding carboxylic acids is 1. The largest absolute Gasteiger partial charge is 0.495 e. The van der Waals surface area contributed by atoms with Gasteiger partial charge in [-0.15, -0.1) is 0 Å². The highest BCUT2D eigenvalue weighted by Crippen LogP contribution is 2.31. The molecule has 2 heterocycles. The number of rotatable bonds is 6. The van der Waals surface area contributed by atoms with Crippen LogP contribution >= 0.6 is 0 Å². The molecule has 0 radical (unpaired) electrons. The maximum absolute atomic E-state index is 12.3. The molecule has 1 saturated heterocycles. The zero-order valence-corrected chi connectivity index (χ0v) is 16.5. The topological polar surface area (TPSA) is 71.4 Å². The second-order valence-corrected chi connectivity index (χ2v) is 7.19. The van der Waals surface area contributed by atoms with Crippen LogP contribution < -0.4 is 20.3 Å². The van der Waals surface area contributed by atoms with E-state index >= 15 is 0 Å². The summed E-state index contributed by atoms with van der Waals surface area (Å²) in [4.78, 5) is 14.6. The van der Waals surface area contributed by atoms with Gasteiger partial charge in [0.2, 0.25) is 0 Å². The lowest BCUT2D eigenvalue weighted by molar-refractivity contribution is 0.236. The van der Waals surface area contributed by atoms with Crippen LogP contribution in [0.4, 0.5) is 10.5 Å². The quantitative estimate of drug-likeness (QED) is 0.819. The van der Waals surface area contributed by atoms with Gasteiger partial charge in [0, 0.05) is 38.4 Å². The number of urea groups is 1. The molecule has 0 aliphatic carbocycles. The molecule has 1 aliphatic heterocycles. The van der Waals surface area contributed by atoms with Crippen molar-refractivity contribution in [1.29, 1.82) is 0 Å². The van der Waals surface area contributed by atoms with E-state index in [0.29, 0.717) is 12.5 Å². The van der Waals surface area contributed by atoms with E-state index in [4.69, 9.17) is 4.74 Å². The molecule has 0 spiro atoms. The van der Waals surface area contributed by atoms with Crippen molar-refractivity contribution in [3.8, 4) is 5.75 Å². The van der Waals surface area contributed by atoms with Crippen molar-refractivity contribution in [3.05, 3.63) is 41.7 Å². The first-order chi connectivity index (χ1) is 13.0. The molecule has 1 aliphatic rings. The number of methoxy groups -OCH3 is 1. The molecular weight excluding hydrogens is 342 g/mol. The van der Waals surface area contributed by atoms with Crippen LogP contribution in [-0.4, -0.2) is 42.6 Å². The van der Waals surface area contributed by atoms with Gasteiger partial charge in [0.1, 0.15) is 5.75 Å². The lowest BCUT2D eigenvalue weighted by atomic mass is 10.1.